The van der Waals surface area contributed by atoms with Gasteiger partial charge in [0.1, 0.15) is 0 Å². The van der Waals surface area contributed by atoms with E-state index in [-0.39, 0.29) is 12.5 Å². The summed E-state index contributed by atoms with van der Waals surface area (Å²) in [6, 6.07) is 7.72. The van der Waals surface area contributed by atoms with Crippen LogP contribution < -0.4 is 4.72 Å². The standard InChI is InChI=1S/C23H30INO4S/c24-20-7-5-6-17(16-20)14-15-30(28,29)25-23-19-12-10-18(11-13-19)21(23)8-3-1-2-4-9-22(26)27/h1,3,5-7,14-16,18-19,21,23,25H,2,4,8-13H2,(H,26,27)/b3-1+,15-14+. The van der Waals surface area contributed by atoms with Crippen LogP contribution in [-0.4, -0.2) is 25.5 Å². The predicted molar refractivity (Wildman–Crippen MR) is 128 cm³/mol. The van der Waals surface area contributed by atoms with Crippen molar-refractivity contribution in [2.75, 3.05) is 0 Å². The Hall–Kier alpha value is -1.19. The number of carboxylic acids is 1. The van der Waals surface area contributed by atoms with Crippen molar-refractivity contribution in [1.82, 2.24) is 4.72 Å². The highest BCUT2D eigenvalue weighted by atomic mass is 127. The molecule has 1 aromatic rings. The molecule has 164 valence electrons. The number of benzene rings is 1. The van der Waals surface area contributed by atoms with Crippen LogP contribution >= 0.6 is 22.6 Å². The number of aliphatic carboxylic acids is 1. The average Bonchev–Trinajstić information content (AvgIpc) is 2.71. The molecular formula is C23H30INO4S. The molecular weight excluding hydrogens is 513 g/mol. The van der Waals surface area contributed by atoms with E-state index in [0.717, 1.165) is 34.8 Å². The molecule has 2 unspecified atom stereocenters. The van der Waals surface area contributed by atoms with Crippen LogP contribution in [0.15, 0.2) is 41.8 Å². The molecule has 0 aromatic heterocycles. The van der Waals surface area contributed by atoms with Crippen molar-refractivity contribution in [3.63, 3.8) is 0 Å². The van der Waals surface area contributed by atoms with Gasteiger partial charge in [-0.1, -0.05) is 24.3 Å². The lowest BCUT2D eigenvalue weighted by Gasteiger charge is -2.48. The molecule has 3 aliphatic carbocycles. The van der Waals surface area contributed by atoms with Gasteiger partial charge in [-0.2, -0.15) is 0 Å². The molecule has 3 saturated carbocycles. The Bertz CT molecular complexity index is 888. The van der Waals surface area contributed by atoms with E-state index in [1.807, 2.05) is 30.3 Å². The molecule has 1 aromatic carbocycles. The summed E-state index contributed by atoms with van der Waals surface area (Å²) >= 11 is 2.22. The number of rotatable bonds is 10. The molecule has 3 fully saturated rings. The van der Waals surface area contributed by atoms with Gasteiger partial charge in [-0.25, -0.2) is 13.1 Å². The number of fused-ring (bicyclic) bond motifs is 3. The van der Waals surface area contributed by atoms with Crippen molar-refractivity contribution in [2.45, 2.75) is 57.4 Å². The van der Waals surface area contributed by atoms with Gasteiger partial charge >= 0.3 is 5.97 Å². The Kier molecular flexibility index (Phi) is 8.53. The average molecular weight is 543 g/mol. The first-order valence-electron chi connectivity index (χ1n) is 10.7. The van der Waals surface area contributed by atoms with E-state index in [1.165, 1.54) is 18.2 Å². The molecule has 0 spiro atoms. The van der Waals surface area contributed by atoms with Crippen molar-refractivity contribution < 1.29 is 18.3 Å². The summed E-state index contributed by atoms with van der Waals surface area (Å²) in [4.78, 5) is 10.6. The molecule has 2 atom stereocenters. The van der Waals surface area contributed by atoms with Crippen LogP contribution in [-0.2, 0) is 14.8 Å². The number of nitrogens with one attached hydrogen (secondary N) is 1. The first-order valence-corrected chi connectivity index (χ1v) is 13.3. The van der Waals surface area contributed by atoms with Gasteiger partial charge < -0.3 is 5.11 Å². The summed E-state index contributed by atoms with van der Waals surface area (Å²) in [6.07, 6.45) is 12.8. The fraction of sp³-hybridized carbons (Fsp3) is 0.522. The molecule has 0 saturated heterocycles. The molecule has 2 bridgehead atoms. The largest absolute Gasteiger partial charge is 0.481 e. The van der Waals surface area contributed by atoms with Crippen LogP contribution in [0.2, 0.25) is 0 Å². The van der Waals surface area contributed by atoms with Crippen LogP contribution in [0.5, 0.6) is 0 Å². The third-order valence-electron chi connectivity index (χ3n) is 6.32. The van der Waals surface area contributed by atoms with E-state index in [0.29, 0.717) is 24.2 Å². The zero-order valence-corrected chi connectivity index (χ0v) is 20.0. The smallest absolute Gasteiger partial charge is 0.303 e. The van der Waals surface area contributed by atoms with E-state index in [2.05, 4.69) is 33.4 Å². The highest BCUT2D eigenvalue weighted by molar-refractivity contribution is 14.1. The first kappa shape index (κ1) is 23.5. The number of carboxylic acid groups (broad SMARTS) is 1. The fourth-order valence-corrected chi connectivity index (χ4v) is 6.58. The topological polar surface area (TPSA) is 83.5 Å². The maximum absolute atomic E-state index is 12.8. The molecule has 2 N–H and O–H groups in total. The number of hydrogen-bond acceptors (Lipinski definition) is 3. The second kappa shape index (κ2) is 10.9. The lowest BCUT2D eigenvalue weighted by Crippen LogP contribution is -2.52. The van der Waals surface area contributed by atoms with Gasteiger partial charge in [0.05, 0.1) is 0 Å². The van der Waals surface area contributed by atoms with Crippen LogP contribution in [0.25, 0.3) is 6.08 Å². The van der Waals surface area contributed by atoms with E-state index in [4.69, 9.17) is 5.11 Å². The van der Waals surface area contributed by atoms with Gasteiger partial charge in [0.25, 0.3) is 0 Å². The second-order valence-corrected chi connectivity index (χ2v) is 11.2. The molecule has 7 heteroatoms. The summed E-state index contributed by atoms with van der Waals surface area (Å²) in [5, 5.41) is 10.0. The summed E-state index contributed by atoms with van der Waals surface area (Å²) in [5.41, 5.74) is 0.873. The quantitative estimate of drug-likeness (QED) is 0.242. The van der Waals surface area contributed by atoms with Gasteiger partial charge in [-0.05, 0) is 109 Å². The van der Waals surface area contributed by atoms with E-state index in [9.17, 15) is 13.2 Å². The minimum atomic E-state index is -3.52. The Morgan fingerprint density at radius 2 is 1.90 bits per heavy atom. The lowest BCUT2D eigenvalue weighted by molar-refractivity contribution is -0.137. The van der Waals surface area contributed by atoms with E-state index >= 15 is 0 Å². The third-order valence-corrected chi connectivity index (χ3v) is 8.08. The summed E-state index contributed by atoms with van der Waals surface area (Å²) < 4.78 is 29.6. The highest BCUT2D eigenvalue weighted by Crippen LogP contribution is 2.46. The number of sulfonamides is 1. The molecule has 0 aliphatic heterocycles. The SMILES string of the molecule is O=C(O)CCC/C=C/CC1C2CCC(CC2)C1NS(=O)(=O)/C=C/c1cccc(I)c1. The molecule has 5 nitrogen and oxygen atoms in total. The Labute approximate surface area is 193 Å². The molecule has 4 rings (SSSR count). The summed E-state index contributed by atoms with van der Waals surface area (Å²) in [7, 11) is -3.52. The Morgan fingerprint density at radius 3 is 2.60 bits per heavy atom. The Balaban J connectivity index is 1.62. The zero-order chi connectivity index (χ0) is 21.6. The van der Waals surface area contributed by atoms with Crippen molar-refractivity contribution in [1.29, 1.82) is 0 Å². The number of allylic oxidation sites excluding steroid dienone is 2. The molecule has 0 amide bonds. The Morgan fingerprint density at radius 1 is 1.17 bits per heavy atom. The number of carbonyl (C=O) groups is 1. The van der Waals surface area contributed by atoms with Gasteiger partial charge in [0, 0.05) is 21.4 Å². The molecule has 30 heavy (non-hydrogen) atoms. The molecule has 3 aliphatic rings. The maximum atomic E-state index is 12.8. The van der Waals surface area contributed by atoms with Gasteiger partial charge in [0.15, 0.2) is 0 Å². The van der Waals surface area contributed by atoms with Crippen molar-refractivity contribution in [3.05, 3.63) is 51.0 Å². The zero-order valence-electron chi connectivity index (χ0n) is 17.0. The van der Waals surface area contributed by atoms with Crippen LogP contribution in [0.4, 0.5) is 0 Å². The normalized spacial score (nSPS) is 26.6. The minimum Gasteiger partial charge on any atom is -0.481 e. The van der Waals surface area contributed by atoms with Crippen LogP contribution in [0, 0.1) is 21.3 Å². The van der Waals surface area contributed by atoms with Crippen LogP contribution in [0.3, 0.4) is 0 Å². The van der Waals surface area contributed by atoms with Gasteiger partial charge in [-0.3, -0.25) is 4.79 Å². The highest BCUT2D eigenvalue weighted by Gasteiger charge is 2.44. The summed E-state index contributed by atoms with van der Waals surface area (Å²) in [5.74, 6) is 0.516. The van der Waals surface area contributed by atoms with E-state index < -0.39 is 16.0 Å². The van der Waals surface area contributed by atoms with Gasteiger partial charge in [-0.15, -0.1) is 0 Å². The first-order chi connectivity index (χ1) is 14.3. The van der Waals surface area contributed by atoms with Crippen molar-refractivity contribution in [2.24, 2.45) is 17.8 Å². The number of halogens is 1. The van der Waals surface area contributed by atoms with Crippen LogP contribution in [0.1, 0.15) is 56.9 Å². The molecule has 0 radical (unpaired) electrons. The minimum absolute atomic E-state index is 0.0215. The lowest BCUT2D eigenvalue weighted by atomic mass is 9.61. The third kappa shape index (κ3) is 6.92. The second-order valence-electron chi connectivity index (χ2n) is 8.38. The molecule has 0 heterocycles. The van der Waals surface area contributed by atoms with Crippen molar-refractivity contribution >= 4 is 44.7 Å². The van der Waals surface area contributed by atoms with Gasteiger partial charge in [0.2, 0.25) is 10.0 Å². The monoisotopic (exact) mass is 543 g/mol. The number of unbranched alkanes of at least 4 members (excludes halogenated alkanes) is 1. The van der Waals surface area contributed by atoms with Crippen molar-refractivity contribution in [3.8, 4) is 0 Å². The predicted octanol–water partition coefficient (Wildman–Crippen LogP) is 5.19. The number of hydrogen-bond donors (Lipinski definition) is 2. The maximum Gasteiger partial charge on any atom is 0.303 e. The fourth-order valence-electron chi connectivity index (χ4n) is 4.85. The summed E-state index contributed by atoms with van der Waals surface area (Å²) in [6.45, 7) is 0. The van der Waals surface area contributed by atoms with E-state index in [1.54, 1.807) is 6.08 Å².